The van der Waals surface area contributed by atoms with Crippen LogP contribution in [0.15, 0.2) is 52.7 Å². The summed E-state index contributed by atoms with van der Waals surface area (Å²) in [6.45, 7) is 1.28. The van der Waals surface area contributed by atoms with Crippen molar-refractivity contribution in [2.75, 3.05) is 10.1 Å². The van der Waals surface area contributed by atoms with Crippen LogP contribution in [-0.4, -0.2) is 29.3 Å². The van der Waals surface area contributed by atoms with E-state index >= 15 is 0 Å². The Morgan fingerprint density at radius 2 is 1.78 bits per heavy atom. The van der Waals surface area contributed by atoms with Crippen LogP contribution in [0.25, 0.3) is 0 Å². The fourth-order valence-electron chi connectivity index (χ4n) is 1.43. The van der Waals surface area contributed by atoms with Gasteiger partial charge in [-0.15, -0.1) is 0 Å². The molecule has 2 rings (SSSR count). The third-order valence-electron chi connectivity index (χ3n) is 2.53. The summed E-state index contributed by atoms with van der Waals surface area (Å²) in [7, 11) is -3.79. The number of hydrogen-bond donors (Lipinski definition) is 2. The van der Waals surface area contributed by atoms with Gasteiger partial charge in [0.15, 0.2) is 11.0 Å². The van der Waals surface area contributed by atoms with Gasteiger partial charge in [0.05, 0.1) is 10.6 Å². The SMILES string of the molecule is CC(=O)/C(Cl)=N\Nc1ccc(S(=O)(=O)Nc2ncccn2)cc1. The van der Waals surface area contributed by atoms with E-state index in [2.05, 4.69) is 25.2 Å². The maximum absolute atomic E-state index is 12.2. The summed E-state index contributed by atoms with van der Waals surface area (Å²) in [5, 5.41) is 3.45. The zero-order valence-electron chi connectivity index (χ0n) is 11.9. The Kier molecular flexibility index (Phi) is 5.24. The van der Waals surface area contributed by atoms with Gasteiger partial charge in [0.25, 0.3) is 10.0 Å². The van der Waals surface area contributed by atoms with Gasteiger partial charge in [0.1, 0.15) is 0 Å². The number of carbonyl (C=O) groups excluding carboxylic acids is 1. The van der Waals surface area contributed by atoms with Crippen molar-refractivity contribution in [3.8, 4) is 0 Å². The molecule has 0 saturated heterocycles. The second-order valence-electron chi connectivity index (χ2n) is 4.27. The summed E-state index contributed by atoms with van der Waals surface area (Å²) in [6.07, 6.45) is 2.85. The van der Waals surface area contributed by atoms with Crippen LogP contribution >= 0.6 is 11.6 Å². The zero-order valence-corrected chi connectivity index (χ0v) is 13.5. The number of nitrogens with one attached hydrogen (secondary N) is 2. The van der Waals surface area contributed by atoms with Gasteiger partial charge >= 0.3 is 0 Å². The smallest absolute Gasteiger partial charge is 0.264 e. The maximum atomic E-state index is 12.2. The molecule has 10 heteroatoms. The van der Waals surface area contributed by atoms with E-state index in [4.69, 9.17) is 11.6 Å². The lowest BCUT2D eigenvalue weighted by Crippen LogP contribution is -2.14. The quantitative estimate of drug-likeness (QED) is 0.605. The Balaban J connectivity index is 2.12. The fraction of sp³-hybridized carbons (Fsp3) is 0.0769. The summed E-state index contributed by atoms with van der Waals surface area (Å²) < 4.78 is 26.6. The first-order chi connectivity index (χ1) is 10.9. The maximum Gasteiger partial charge on any atom is 0.264 e. The largest absolute Gasteiger partial charge is 0.292 e. The standard InChI is InChI=1S/C13H12ClN5O3S/c1-9(20)12(14)18-17-10-3-5-11(6-4-10)23(21,22)19-13-15-7-2-8-16-13/h2-8,17H,1H3,(H,15,16,19)/b18-12+. The van der Waals surface area contributed by atoms with Crippen LogP contribution in [0, 0.1) is 0 Å². The Bertz CT molecular complexity index is 822. The lowest BCUT2D eigenvalue weighted by Gasteiger charge is -2.07. The molecule has 0 spiro atoms. The Labute approximate surface area is 137 Å². The van der Waals surface area contributed by atoms with E-state index in [9.17, 15) is 13.2 Å². The summed E-state index contributed by atoms with van der Waals surface area (Å²) in [6, 6.07) is 7.27. The minimum atomic E-state index is -3.79. The molecule has 2 N–H and O–H groups in total. The minimum absolute atomic E-state index is 0.0208. The van der Waals surface area contributed by atoms with Crippen LogP contribution in [0.5, 0.6) is 0 Å². The van der Waals surface area contributed by atoms with Crippen molar-refractivity contribution in [3.05, 3.63) is 42.7 Å². The van der Waals surface area contributed by atoms with Gasteiger partial charge in [-0.3, -0.25) is 10.2 Å². The first-order valence-corrected chi connectivity index (χ1v) is 8.14. The van der Waals surface area contributed by atoms with E-state index in [1.165, 1.54) is 43.6 Å². The fourth-order valence-corrected chi connectivity index (χ4v) is 2.43. The Morgan fingerprint density at radius 3 is 2.35 bits per heavy atom. The highest BCUT2D eigenvalue weighted by atomic mass is 35.5. The highest BCUT2D eigenvalue weighted by Gasteiger charge is 2.15. The van der Waals surface area contributed by atoms with E-state index in [-0.39, 0.29) is 21.8 Å². The predicted octanol–water partition coefficient (Wildman–Crippen LogP) is 1.83. The summed E-state index contributed by atoms with van der Waals surface area (Å²) >= 11 is 5.58. The number of nitrogens with zero attached hydrogens (tertiary/aromatic N) is 3. The summed E-state index contributed by atoms with van der Waals surface area (Å²) in [5.41, 5.74) is 3.02. The molecule has 0 radical (unpaired) electrons. The van der Waals surface area contributed by atoms with Crippen LogP contribution in [-0.2, 0) is 14.8 Å². The molecule has 0 saturated carbocycles. The number of rotatable bonds is 6. The molecule has 0 amide bonds. The molecule has 1 aromatic carbocycles. The number of sulfonamides is 1. The molecule has 0 aliphatic rings. The number of aromatic nitrogens is 2. The zero-order chi connectivity index (χ0) is 16.9. The van der Waals surface area contributed by atoms with Gasteiger partial charge in [0.2, 0.25) is 5.95 Å². The number of ketones is 1. The third-order valence-corrected chi connectivity index (χ3v) is 4.22. The minimum Gasteiger partial charge on any atom is -0.292 e. The monoisotopic (exact) mass is 353 g/mol. The summed E-state index contributed by atoms with van der Waals surface area (Å²) in [4.78, 5) is 18.5. The number of Topliss-reactive ketones (excluding diaryl/α,β-unsaturated/α-hetero) is 1. The van der Waals surface area contributed by atoms with Gasteiger partial charge < -0.3 is 0 Å². The molecular formula is C13H12ClN5O3S. The number of hydrazone groups is 1. The van der Waals surface area contributed by atoms with Gasteiger partial charge in [-0.2, -0.15) is 5.10 Å². The first-order valence-electron chi connectivity index (χ1n) is 6.28. The number of hydrogen-bond acceptors (Lipinski definition) is 7. The van der Waals surface area contributed by atoms with Crippen molar-refractivity contribution in [3.63, 3.8) is 0 Å². The van der Waals surface area contributed by atoms with E-state index < -0.39 is 10.0 Å². The lowest BCUT2D eigenvalue weighted by molar-refractivity contribution is -0.110. The average Bonchev–Trinajstić information content (AvgIpc) is 2.53. The average molecular weight is 354 g/mol. The van der Waals surface area contributed by atoms with Gasteiger partial charge in [-0.1, -0.05) is 11.6 Å². The van der Waals surface area contributed by atoms with Crippen molar-refractivity contribution in [2.45, 2.75) is 11.8 Å². The molecule has 2 aromatic rings. The molecule has 1 heterocycles. The molecule has 0 aliphatic heterocycles. The van der Waals surface area contributed by atoms with Crippen LogP contribution in [0.2, 0.25) is 0 Å². The van der Waals surface area contributed by atoms with Crippen molar-refractivity contribution >= 4 is 44.2 Å². The molecule has 1 aromatic heterocycles. The number of benzene rings is 1. The molecule has 0 bridgehead atoms. The van der Waals surface area contributed by atoms with Crippen LogP contribution in [0.4, 0.5) is 11.6 Å². The predicted molar refractivity (Wildman–Crippen MR) is 86.9 cm³/mol. The number of carbonyl (C=O) groups is 1. The van der Waals surface area contributed by atoms with Crippen LogP contribution in [0.3, 0.4) is 0 Å². The topological polar surface area (TPSA) is 113 Å². The molecule has 8 nitrogen and oxygen atoms in total. The molecular weight excluding hydrogens is 342 g/mol. The van der Waals surface area contributed by atoms with E-state index in [1.54, 1.807) is 6.07 Å². The highest BCUT2D eigenvalue weighted by Crippen LogP contribution is 2.16. The molecule has 0 aliphatic carbocycles. The van der Waals surface area contributed by atoms with E-state index in [1.807, 2.05) is 0 Å². The number of halogens is 1. The van der Waals surface area contributed by atoms with Crippen molar-refractivity contribution in [2.24, 2.45) is 5.10 Å². The van der Waals surface area contributed by atoms with E-state index in [0.717, 1.165) is 0 Å². The molecule has 120 valence electrons. The normalized spacial score (nSPS) is 11.8. The number of anilines is 2. The molecule has 23 heavy (non-hydrogen) atoms. The van der Waals surface area contributed by atoms with E-state index in [0.29, 0.717) is 5.69 Å². The Morgan fingerprint density at radius 1 is 1.17 bits per heavy atom. The second kappa shape index (κ2) is 7.16. The Hall–Kier alpha value is -2.52. The molecule has 0 fully saturated rings. The summed E-state index contributed by atoms with van der Waals surface area (Å²) in [5.74, 6) is -0.405. The van der Waals surface area contributed by atoms with Gasteiger partial charge in [-0.05, 0) is 30.3 Å². The van der Waals surface area contributed by atoms with Crippen molar-refractivity contribution < 1.29 is 13.2 Å². The molecule has 0 unspecified atom stereocenters. The highest BCUT2D eigenvalue weighted by molar-refractivity contribution is 7.92. The van der Waals surface area contributed by atoms with Crippen molar-refractivity contribution in [1.82, 2.24) is 9.97 Å². The van der Waals surface area contributed by atoms with Crippen molar-refractivity contribution in [1.29, 1.82) is 0 Å². The van der Waals surface area contributed by atoms with Gasteiger partial charge in [0, 0.05) is 19.3 Å². The first kappa shape index (κ1) is 16.8. The van der Waals surface area contributed by atoms with Crippen LogP contribution in [0.1, 0.15) is 6.92 Å². The second-order valence-corrected chi connectivity index (χ2v) is 6.31. The third kappa shape index (κ3) is 4.73. The van der Waals surface area contributed by atoms with Crippen LogP contribution < -0.4 is 10.1 Å². The molecule has 0 atom stereocenters. The lowest BCUT2D eigenvalue weighted by atomic mass is 10.3. The van der Waals surface area contributed by atoms with Gasteiger partial charge in [-0.25, -0.2) is 23.1 Å².